The molecule has 2 heterocycles. The molecule has 0 N–H and O–H groups in total. The topological polar surface area (TPSA) is 38.8 Å². The fraction of sp³-hybridized carbons (Fsp3) is 0.933. The summed E-state index contributed by atoms with van der Waals surface area (Å²) in [6.45, 7) is 15.7. The molecule has 114 valence electrons. The first-order valence-corrected chi connectivity index (χ1v) is 7.59. The van der Waals surface area contributed by atoms with Crippen LogP contribution in [-0.2, 0) is 14.1 Å². The molecule has 0 aliphatic carbocycles. The fourth-order valence-electron chi connectivity index (χ4n) is 2.75. The van der Waals surface area contributed by atoms with E-state index in [0.29, 0.717) is 0 Å². The summed E-state index contributed by atoms with van der Waals surface area (Å²) in [4.78, 5) is 14.3. The Hall–Kier alpha value is -0.545. The summed E-state index contributed by atoms with van der Waals surface area (Å²) in [5, 5.41) is 0. The zero-order chi connectivity index (χ0) is 15.3. The Labute approximate surface area is 123 Å². The van der Waals surface area contributed by atoms with E-state index in [0.717, 1.165) is 19.5 Å². The maximum Gasteiger partial charge on any atom is 0.463 e. The monoisotopic (exact) mass is 281 g/mol. The quantitative estimate of drug-likeness (QED) is 0.694. The molecule has 0 aromatic heterocycles. The van der Waals surface area contributed by atoms with Gasteiger partial charge in [0.05, 0.1) is 11.2 Å². The first-order chi connectivity index (χ1) is 8.94. The molecule has 2 fully saturated rings. The lowest BCUT2D eigenvalue weighted by molar-refractivity contribution is -0.138. The van der Waals surface area contributed by atoms with Gasteiger partial charge in [0.15, 0.2) is 0 Å². The van der Waals surface area contributed by atoms with E-state index in [9.17, 15) is 4.79 Å². The summed E-state index contributed by atoms with van der Waals surface area (Å²) in [5.74, 6) is 0.499. The zero-order valence-electron chi connectivity index (χ0n) is 13.9. The van der Waals surface area contributed by atoms with Gasteiger partial charge < -0.3 is 14.2 Å². The van der Waals surface area contributed by atoms with E-state index in [2.05, 4.69) is 27.7 Å². The Kier molecular flexibility index (Phi) is 3.75. The van der Waals surface area contributed by atoms with Crippen LogP contribution in [0.2, 0.25) is 5.82 Å². The molecule has 20 heavy (non-hydrogen) atoms. The highest BCUT2D eigenvalue weighted by Gasteiger charge is 2.55. The third-order valence-corrected chi connectivity index (χ3v) is 4.81. The van der Waals surface area contributed by atoms with Crippen molar-refractivity contribution in [1.29, 1.82) is 0 Å². The molecule has 0 aromatic carbocycles. The average Bonchev–Trinajstić information content (AvgIpc) is 2.80. The van der Waals surface area contributed by atoms with E-state index in [-0.39, 0.29) is 35.5 Å². The summed E-state index contributed by atoms with van der Waals surface area (Å²) < 4.78 is 12.2. The zero-order valence-corrected chi connectivity index (χ0v) is 13.9. The molecule has 0 bridgehead atoms. The second-order valence-electron chi connectivity index (χ2n) is 8.17. The van der Waals surface area contributed by atoms with Gasteiger partial charge in [-0.3, -0.25) is 4.79 Å². The van der Waals surface area contributed by atoms with Crippen molar-refractivity contribution < 1.29 is 14.1 Å². The molecule has 1 amide bonds. The first-order valence-electron chi connectivity index (χ1n) is 7.59. The number of hydrogen-bond donors (Lipinski definition) is 0. The third-order valence-electron chi connectivity index (χ3n) is 4.81. The van der Waals surface area contributed by atoms with Crippen LogP contribution in [0.1, 0.15) is 54.9 Å². The van der Waals surface area contributed by atoms with E-state index < -0.39 is 0 Å². The van der Waals surface area contributed by atoms with Crippen molar-refractivity contribution in [3.05, 3.63) is 0 Å². The van der Waals surface area contributed by atoms with E-state index >= 15 is 0 Å². The molecule has 0 spiro atoms. The third kappa shape index (κ3) is 2.75. The maximum atomic E-state index is 12.3. The molecule has 0 radical (unpaired) electrons. The summed E-state index contributed by atoms with van der Waals surface area (Å²) in [6.07, 6.45) is 0.957. The van der Waals surface area contributed by atoms with Crippen LogP contribution < -0.4 is 0 Å². The lowest BCUT2D eigenvalue weighted by atomic mass is 9.71. The van der Waals surface area contributed by atoms with Crippen LogP contribution in [0.5, 0.6) is 0 Å². The van der Waals surface area contributed by atoms with Gasteiger partial charge in [-0.1, -0.05) is 20.8 Å². The lowest BCUT2D eigenvalue weighted by Gasteiger charge is -2.32. The predicted molar refractivity (Wildman–Crippen MR) is 80.5 cm³/mol. The van der Waals surface area contributed by atoms with E-state index in [1.807, 2.05) is 25.7 Å². The first kappa shape index (κ1) is 15.8. The second-order valence-corrected chi connectivity index (χ2v) is 8.17. The summed E-state index contributed by atoms with van der Waals surface area (Å²) in [6, 6.07) is 0. The number of nitrogens with zero attached hydrogens (tertiary/aromatic N) is 1. The number of rotatable bonds is 1. The number of hydrogen-bond acceptors (Lipinski definition) is 3. The molecule has 2 saturated heterocycles. The van der Waals surface area contributed by atoms with Gasteiger partial charge in [0.25, 0.3) is 0 Å². The van der Waals surface area contributed by atoms with Crippen molar-refractivity contribution in [3.8, 4) is 0 Å². The van der Waals surface area contributed by atoms with Crippen LogP contribution in [0.25, 0.3) is 0 Å². The van der Waals surface area contributed by atoms with Crippen LogP contribution in [0.15, 0.2) is 0 Å². The van der Waals surface area contributed by atoms with E-state index in [4.69, 9.17) is 9.31 Å². The molecular formula is C15H28BNO3. The van der Waals surface area contributed by atoms with Crippen molar-refractivity contribution in [1.82, 2.24) is 4.90 Å². The molecule has 2 aliphatic heterocycles. The Morgan fingerprint density at radius 1 is 1.15 bits per heavy atom. The Morgan fingerprint density at radius 3 is 2.10 bits per heavy atom. The normalized spacial score (nSPS) is 29.1. The average molecular weight is 281 g/mol. The highest BCUT2D eigenvalue weighted by Crippen LogP contribution is 2.42. The number of carbonyl (C=O) groups is 1. The van der Waals surface area contributed by atoms with Crippen LogP contribution in [0.3, 0.4) is 0 Å². The molecule has 1 atom stereocenters. The van der Waals surface area contributed by atoms with Gasteiger partial charge in [-0.05, 0) is 34.1 Å². The minimum absolute atomic E-state index is 0.197. The van der Waals surface area contributed by atoms with Crippen LogP contribution in [0.4, 0.5) is 0 Å². The fourth-order valence-corrected chi connectivity index (χ4v) is 2.75. The van der Waals surface area contributed by atoms with Gasteiger partial charge in [-0.25, -0.2) is 0 Å². The molecule has 0 saturated carbocycles. The molecule has 1 unspecified atom stereocenters. The largest absolute Gasteiger partial charge is 0.463 e. The molecule has 4 nitrogen and oxygen atoms in total. The van der Waals surface area contributed by atoms with E-state index in [1.165, 1.54) is 0 Å². The van der Waals surface area contributed by atoms with Gasteiger partial charge in [-0.2, -0.15) is 0 Å². The molecule has 2 aliphatic rings. The van der Waals surface area contributed by atoms with Crippen LogP contribution in [0, 0.1) is 5.41 Å². The van der Waals surface area contributed by atoms with Gasteiger partial charge >= 0.3 is 7.12 Å². The summed E-state index contributed by atoms with van der Waals surface area (Å²) in [7, 11) is -0.197. The van der Waals surface area contributed by atoms with E-state index in [1.54, 1.807) is 0 Å². The summed E-state index contributed by atoms with van der Waals surface area (Å²) >= 11 is 0. The Balaban J connectivity index is 2.00. The molecule has 5 heteroatoms. The summed E-state index contributed by atoms with van der Waals surface area (Å²) in [5.41, 5.74) is -0.900. The minimum atomic E-state index is -0.315. The Bertz CT molecular complexity index is 384. The van der Waals surface area contributed by atoms with Crippen LogP contribution >= 0.6 is 0 Å². The number of likely N-dealkylation sites (tertiary alicyclic amines) is 1. The van der Waals surface area contributed by atoms with Crippen molar-refractivity contribution in [2.45, 2.75) is 71.9 Å². The smallest absolute Gasteiger partial charge is 0.403 e. The van der Waals surface area contributed by atoms with Crippen molar-refractivity contribution >= 4 is 13.0 Å². The van der Waals surface area contributed by atoms with Crippen LogP contribution in [-0.4, -0.2) is 42.2 Å². The standard InChI is InChI=1S/C15H28BNO3/c1-13(2,3)12(18)17-9-8-11(10-17)16-19-14(4,5)15(6,7)20-16/h11H,8-10H2,1-7H3. The van der Waals surface area contributed by atoms with Crippen molar-refractivity contribution in [3.63, 3.8) is 0 Å². The van der Waals surface area contributed by atoms with Crippen molar-refractivity contribution in [2.75, 3.05) is 13.1 Å². The Morgan fingerprint density at radius 2 is 1.65 bits per heavy atom. The molecule has 0 aromatic rings. The van der Waals surface area contributed by atoms with Gasteiger partial charge in [-0.15, -0.1) is 0 Å². The lowest BCUT2D eigenvalue weighted by Crippen LogP contribution is -2.41. The predicted octanol–water partition coefficient (Wildman–Crippen LogP) is 2.73. The minimum Gasteiger partial charge on any atom is -0.403 e. The second kappa shape index (κ2) is 4.74. The molecule has 2 rings (SSSR count). The van der Waals surface area contributed by atoms with Crippen molar-refractivity contribution in [2.24, 2.45) is 5.41 Å². The van der Waals surface area contributed by atoms with Gasteiger partial charge in [0.1, 0.15) is 0 Å². The van der Waals surface area contributed by atoms with Gasteiger partial charge in [0.2, 0.25) is 5.91 Å². The highest BCUT2D eigenvalue weighted by molar-refractivity contribution is 6.47. The highest BCUT2D eigenvalue weighted by atomic mass is 16.7. The SMILES string of the molecule is CC(C)(C)C(=O)N1CCC(B2OC(C)(C)C(C)(C)O2)C1. The number of carbonyl (C=O) groups excluding carboxylic acids is 1. The maximum absolute atomic E-state index is 12.3. The number of amides is 1. The molecular weight excluding hydrogens is 253 g/mol. The van der Waals surface area contributed by atoms with Gasteiger partial charge in [0, 0.05) is 24.3 Å².